The zero-order chi connectivity index (χ0) is 14.8. The molecule has 1 aromatic heterocycles. The maximum absolute atomic E-state index is 11.3. The Hall–Kier alpha value is -2.14. The molecule has 0 bridgehead atoms. The van der Waals surface area contributed by atoms with Crippen molar-refractivity contribution in [2.45, 2.75) is 17.9 Å². The number of aromatic nitrogens is 2. The smallest absolute Gasteiger partial charge is 0.323 e. The molecule has 0 saturated heterocycles. The van der Waals surface area contributed by atoms with Crippen molar-refractivity contribution < 1.29 is 0 Å². The third-order valence-corrected chi connectivity index (χ3v) is 4.22. The van der Waals surface area contributed by atoms with Gasteiger partial charge in [0.15, 0.2) is 0 Å². The van der Waals surface area contributed by atoms with Crippen molar-refractivity contribution in [3.63, 3.8) is 0 Å². The molecule has 0 radical (unpaired) electrons. The number of H-pyrrole nitrogens is 2. The zero-order valence-electron chi connectivity index (χ0n) is 11.9. The van der Waals surface area contributed by atoms with Crippen molar-refractivity contribution in [3.8, 4) is 0 Å². The lowest BCUT2D eigenvalue weighted by atomic mass is 10.1. The topological polar surface area (TPSA) is 60.7 Å². The number of rotatable bonds is 4. The van der Waals surface area contributed by atoms with E-state index in [1.807, 2.05) is 24.3 Å². The summed E-state index contributed by atoms with van der Waals surface area (Å²) in [5.41, 5.74) is 3.73. The zero-order valence-corrected chi connectivity index (χ0v) is 12.8. The molecular formula is C16H17N3OS. The van der Waals surface area contributed by atoms with E-state index < -0.39 is 0 Å². The Bertz CT molecular complexity index is 822. The summed E-state index contributed by atoms with van der Waals surface area (Å²) in [6.07, 6.45) is 2.07. The average molecular weight is 299 g/mol. The number of nitrogens with one attached hydrogen (secondary N) is 3. The molecule has 1 unspecified atom stereocenters. The van der Waals surface area contributed by atoms with Gasteiger partial charge in [0.2, 0.25) is 0 Å². The Labute approximate surface area is 127 Å². The molecule has 21 heavy (non-hydrogen) atoms. The highest BCUT2D eigenvalue weighted by molar-refractivity contribution is 7.98. The van der Waals surface area contributed by atoms with Gasteiger partial charge in [0.05, 0.1) is 11.0 Å². The molecule has 0 saturated carbocycles. The first-order chi connectivity index (χ1) is 10.2. The largest absolute Gasteiger partial charge is 0.378 e. The van der Waals surface area contributed by atoms with Crippen LogP contribution in [0.1, 0.15) is 18.5 Å². The number of benzene rings is 2. The number of aromatic amines is 2. The van der Waals surface area contributed by atoms with E-state index in [4.69, 9.17) is 0 Å². The number of anilines is 1. The second kappa shape index (κ2) is 5.69. The van der Waals surface area contributed by atoms with Crippen LogP contribution in [0.3, 0.4) is 0 Å². The summed E-state index contributed by atoms with van der Waals surface area (Å²) in [6, 6.07) is 14.5. The Morgan fingerprint density at radius 1 is 1.10 bits per heavy atom. The van der Waals surface area contributed by atoms with Crippen LogP contribution >= 0.6 is 11.8 Å². The number of imidazole rings is 1. The molecule has 108 valence electrons. The van der Waals surface area contributed by atoms with Crippen molar-refractivity contribution in [3.05, 3.63) is 58.5 Å². The molecule has 2 aromatic carbocycles. The van der Waals surface area contributed by atoms with Crippen molar-refractivity contribution in [2.24, 2.45) is 0 Å². The lowest BCUT2D eigenvalue weighted by Gasteiger charge is -2.16. The van der Waals surface area contributed by atoms with E-state index in [0.29, 0.717) is 0 Å². The molecule has 0 fully saturated rings. The second-order valence-corrected chi connectivity index (χ2v) is 5.86. The highest BCUT2D eigenvalue weighted by atomic mass is 32.2. The van der Waals surface area contributed by atoms with Crippen LogP contribution in [0.5, 0.6) is 0 Å². The molecule has 0 aliphatic carbocycles. The lowest BCUT2D eigenvalue weighted by molar-refractivity contribution is 0.885. The van der Waals surface area contributed by atoms with Gasteiger partial charge in [0.25, 0.3) is 0 Å². The molecule has 0 amide bonds. The molecular weight excluding hydrogens is 282 g/mol. The molecule has 3 rings (SSSR count). The SMILES string of the molecule is CSc1cccc(NC(C)c2ccc3[nH]c(=O)[nH]c3c2)c1. The van der Waals surface area contributed by atoms with E-state index in [1.165, 1.54) is 4.90 Å². The first-order valence-corrected chi connectivity index (χ1v) is 8.01. The van der Waals surface area contributed by atoms with Gasteiger partial charge in [0, 0.05) is 16.6 Å². The van der Waals surface area contributed by atoms with Gasteiger partial charge in [-0.2, -0.15) is 0 Å². The summed E-state index contributed by atoms with van der Waals surface area (Å²) in [4.78, 5) is 18.1. The molecule has 5 heteroatoms. The highest BCUT2D eigenvalue weighted by Gasteiger charge is 2.08. The quantitative estimate of drug-likeness (QED) is 0.643. The normalized spacial score (nSPS) is 12.5. The average Bonchev–Trinajstić information content (AvgIpc) is 2.86. The van der Waals surface area contributed by atoms with Gasteiger partial charge in [-0.3, -0.25) is 0 Å². The van der Waals surface area contributed by atoms with E-state index in [1.54, 1.807) is 11.8 Å². The number of thioether (sulfide) groups is 1. The Morgan fingerprint density at radius 3 is 2.71 bits per heavy atom. The van der Waals surface area contributed by atoms with E-state index in [2.05, 4.69) is 46.7 Å². The number of hydrogen-bond donors (Lipinski definition) is 3. The minimum Gasteiger partial charge on any atom is -0.378 e. The fraction of sp³-hybridized carbons (Fsp3) is 0.188. The number of fused-ring (bicyclic) bond motifs is 1. The van der Waals surface area contributed by atoms with Crippen LogP contribution in [0.2, 0.25) is 0 Å². The summed E-state index contributed by atoms with van der Waals surface area (Å²) in [6.45, 7) is 2.11. The third kappa shape index (κ3) is 2.97. The monoisotopic (exact) mass is 299 g/mol. The Morgan fingerprint density at radius 2 is 1.90 bits per heavy atom. The summed E-state index contributed by atoms with van der Waals surface area (Å²) in [7, 11) is 0. The first-order valence-electron chi connectivity index (χ1n) is 6.78. The van der Waals surface area contributed by atoms with Crippen LogP contribution < -0.4 is 11.0 Å². The number of hydrogen-bond acceptors (Lipinski definition) is 3. The van der Waals surface area contributed by atoms with Gasteiger partial charge in [0.1, 0.15) is 0 Å². The Balaban J connectivity index is 1.85. The predicted molar refractivity (Wildman–Crippen MR) is 89.2 cm³/mol. The molecule has 0 aliphatic heterocycles. The molecule has 0 spiro atoms. The molecule has 3 N–H and O–H groups in total. The first kappa shape index (κ1) is 13.8. The van der Waals surface area contributed by atoms with Gasteiger partial charge >= 0.3 is 5.69 Å². The lowest BCUT2D eigenvalue weighted by Crippen LogP contribution is -2.06. The van der Waals surface area contributed by atoms with E-state index in [9.17, 15) is 4.79 Å². The summed E-state index contributed by atoms with van der Waals surface area (Å²) < 4.78 is 0. The van der Waals surface area contributed by atoms with Gasteiger partial charge in [-0.05, 0) is 49.1 Å². The maximum Gasteiger partial charge on any atom is 0.323 e. The molecule has 1 heterocycles. The van der Waals surface area contributed by atoms with Crippen LogP contribution in [-0.4, -0.2) is 16.2 Å². The minimum atomic E-state index is -0.171. The minimum absolute atomic E-state index is 0.157. The van der Waals surface area contributed by atoms with Crippen LogP contribution in [0, 0.1) is 0 Å². The van der Waals surface area contributed by atoms with E-state index in [0.717, 1.165) is 22.3 Å². The maximum atomic E-state index is 11.3. The van der Waals surface area contributed by atoms with Crippen molar-refractivity contribution in [1.29, 1.82) is 0 Å². The fourth-order valence-electron chi connectivity index (χ4n) is 2.37. The van der Waals surface area contributed by atoms with E-state index >= 15 is 0 Å². The van der Waals surface area contributed by atoms with Crippen LogP contribution in [-0.2, 0) is 0 Å². The highest BCUT2D eigenvalue weighted by Crippen LogP contribution is 2.24. The van der Waals surface area contributed by atoms with Crippen molar-refractivity contribution in [2.75, 3.05) is 11.6 Å². The second-order valence-electron chi connectivity index (χ2n) is 4.98. The summed E-state index contributed by atoms with van der Waals surface area (Å²) in [5.74, 6) is 0. The van der Waals surface area contributed by atoms with Crippen LogP contribution in [0.15, 0.2) is 52.2 Å². The van der Waals surface area contributed by atoms with Crippen molar-refractivity contribution >= 4 is 28.5 Å². The van der Waals surface area contributed by atoms with Gasteiger partial charge < -0.3 is 15.3 Å². The van der Waals surface area contributed by atoms with Gasteiger partial charge in [-0.15, -0.1) is 11.8 Å². The van der Waals surface area contributed by atoms with E-state index in [-0.39, 0.29) is 11.7 Å². The van der Waals surface area contributed by atoms with Crippen molar-refractivity contribution in [1.82, 2.24) is 9.97 Å². The molecule has 0 aliphatic rings. The standard InChI is InChI=1S/C16H17N3OS/c1-10(17-12-4-3-5-13(9-12)21-2)11-6-7-14-15(8-11)19-16(20)18-14/h3-10,17H,1-2H3,(H2,18,19,20). The molecule has 1 atom stereocenters. The Kier molecular flexibility index (Phi) is 3.75. The third-order valence-electron chi connectivity index (χ3n) is 3.49. The molecule has 4 nitrogen and oxygen atoms in total. The fourth-order valence-corrected chi connectivity index (χ4v) is 2.83. The van der Waals surface area contributed by atoms with Gasteiger partial charge in [-0.25, -0.2) is 4.79 Å². The molecule has 3 aromatic rings. The van der Waals surface area contributed by atoms with Crippen LogP contribution in [0.4, 0.5) is 5.69 Å². The van der Waals surface area contributed by atoms with Crippen LogP contribution in [0.25, 0.3) is 11.0 Å². The summed E-state index contributed by atoms with van der Waals surface area (Å²) in [5, 5.41) is 3.49. The van der Waals surface area contributed by atoms with Gasteiger partial charge in [-0.1, -0.05) is 12.1 Å². The summed E-state index contributed by atoms with van der Waals surface area (Å²) >= 11 is 1.73. The predicted octanol–water partition coefficient (Wildman–Crippen LogP) is 3.75.